The zero-order chi connectivity index (χ0) is 19.1. The summed E-state index contributed by atoms with van der Waals surface area (Å²) < 4.78 is 5.80. The number of ether oxygens (including phenoxy) is 1. The Kier molecular flexibility index (Phi) is 6.57. The molecule has 2 aromatic rings. The van der Waals surface area contributed by atoms with Crippen LogP contribution in [0.25, 0.3) is 0 Å². The number of hydrazone groups is 1. The molecule has 6 heteroatoms. The Bertz CT molecular complexity index is 769. The molecule has 1 amide bonds. The van der Waals surface area contributed by atoms with Crippen molar-refractivity contribution in [1.82, 2.24) is 16.3 Å². The van der Waals surface area contributed by atoms with E-state index in [2.05, 4.69) is 35.2 Å². The lowest BCUT2D eigenvalue weighted by molar-refractivity contribution is -0.121. The van der Waals surface area contributed by atoms with Crippen LogP contribution in [0.3, 0.4) is 0 Å². The third-order valence-electron chi connectivity index (χ3n) is 4.77. The van der Waals surface area contributed by atoms with Gasteiger partial charge in [-0.1, -0.05) is 30.3 Å². The van der Waals surface area contributed by atoms with E-state index in [1.54, 1.807) is 6.21 Å². The Morgan fingerprint density at radius 1 is 1.07 bits per heavy atom. The van der Waals surface area contributed by atoms with Crippen LogP contribution in [0.15, 0.2) is 59.7 Å². The van der Waals surface area contributed by atoms with Gasteiger partial charge < -0.3 is 4.74 Å². The number of amides is 1. The number of benzene rings is 2. The molecule has 0 aliphatic carbocycles. The molecular formula is C21H26N4O2. The third kappa shape index (κ3) is 5.64. The molecule has 0 bridgehead atoms. The number of carbonyl (C=O) groups excluding carboxylic acids is 1. The zero-order valence-electron chi connectivity index (χ0n) is 15.7. The summed E-state index contributed by atoms with van der Waals surface area (Å²) >= 11 is 0. The summed E-state index contributed by atoms with van der Waals surface area (Å²) in [5.74, 6) is 1.86. The van der Waals surface area contributed by atoms with Gasteiger partial charge in [0.15, 0.2) is 0 Å². The van der Waals surface area contributed by atoms with Gasteiger partial charge in [0.2, 0.25) is 5.91 Å². The van der Waals surface area contributed by atoms with E-state index in [9.17, 15) is 4.79 Å². The van der Waals surface area contributed by atoms with E-state index in [1.165, 1.54) is 0 Å². The average Bonchev–Trinajstić information content (AvgIpc) is 2.99. The van der Waals surface area contributed by atoms with Gasteiger partial charge in [-0.15, -0.1) is 0 Å². The maximum absolute atomic E-state index is 12.0. The number of nitrogens with zero attached hydrogens (tertiary/aromatic N) is 1. The molecule has 1 heterocycles. The van der Waals surface area contributed by atoms with E-state index in [-0.39, 0.29) is 5.91 Å². The van der Waals surface area contributed by atoms with Gasteiger partial charge in [-0.05, 0) is 56.0 Å². The fraction of sp³-hybridized carbons (Fsp3) is 0.333. The number of carbonyl (C=O) groups is 1. The maximum atomic E-state index is 12.0. The van der Waals surface area contributed by atoms with Crippen molar-refractivity contribution in [2.45, 2.75) is 38.8 Å². The minimum absolute atomic E-state index is 0.0748. The molecule has 0 saturated carbocycles. The Hall–Kier alpha value is -2.70. The fourth-order valence-electron chi connectivity index (χ4n) is 3.23. The molecule has 1 saturated heterocycles. The van der Waals surface area contributed by atoms with Crippen molar-refractivity contribution in [3.8, 4) is 11.5 Å². The molecular weight excluding hydrogens is 340 g/mol. The smallest absolute Gasteiger partial charge is 0.240 e. The van der Waals surface area contributed by atoms with Crippen molar-refractivity contribution in [1.29, 1.82) is 0 Å². The van der Waals surface area contributed by atoms with Crippen LogP contribution in [0.1, 0.15) is 32.3 Å². The second-order valence-corrected chi connectivity index (χ2v) is 6.85. The number of para-hydroxylation sites is 1. The topological polar surface area (TPSA) is 74.8 Å². The highest BCUT2D eigenvalue weighted by Crippen LogP contribution is 2.21. The summed E-state index contributed by atoms with van der Waals surface area (Å²) in [6, 6.07) is 17.9. The number of hydrogen-bond donors (Lipinski definition) is 3. The first-order valence-electron chi connectivity index (χ1n) is 9.28. The van der Waals surface area contributed by atoms with Gasteiger partial charge >= 0.3 is 0 Å². The van der Waals surface area contributed by atoms with Crippen LogP contribution < -0.4 is 21.0 Å². The van der Waals surface area contributed by atoms with Crippen molar-refractivity contribution in [2.24, 2.45) is 11.0 Å². The van der Waals surface area contributed by atoms with Crippen molar-refractivity contribution < 1.29 is 9.53 Å². The summed E-state index contributed by atoms with van der Waals surface area (Å²) in [6.07, 6.45) is 2.90. The summed E-state index contributed by atoms with van der Waals surface area (Å²) in [5, 5.41) is 4.06. The van der Waals surface area contributed by atoms with Crippen LogP contribution >= 0.6 is 0 Å². The molecule has 1 aliphatic heterocycles. The monoisotopic (exact) mass is 366 g/mol. The lowest BCUT2D eigenvalue weighted by Crippen LogP contribution is -2.30. The second-order valence-electron chi connectivity index (χ2n) is 6.85. The van der Waals surface area contributed by atoms with Gasteiger partial charge in [0.05, 0.1) is 6.21 Å². The lowest BCUT2D eigenvalue weighted by atomic mass is 9.91. The molecule has 3 N–H and O–H groups in total. The van der Waals surface area contributed by atoms with Gasteiger partial charge in [-0.2, -0.15) is 5.10 Å². The van der Waals surface area contributed by atoms with Gasteiger partial charge in [0.1, 0.15) is 11.5 Å². The predicted octanol–water partition coefficient (Wildman–Crippen LogP) is 3.21. The van der Waals surface area contributed by atoms with Crippen LogP contribution in [0.4, 0.5) is 0 Å². The predicted molar refractivity (Wildman–Crippen MR) is 107 cm³/mol. The highest BCUT2D eigenvalue weighted by molar-refractivity contribution is 5.82. The molecule has 0 spiro atoms. The molecule has 3 rings (SSSR count). The highest BCUT2D eigenvalue weighted by Gasteiger charge is 2.29. The van der Waals surface area contributed by atoms with Crippen LogP contribution in [0.5, 0.6) is 11.5 Å². The maximum Gasteiger partial charge on any atom is 0.240 e. The highest BCUT2D eigenvalue weighted by atomic mass is 16.5. The number of hydrogen-bond acceptors (Lipinski definition) is 5. The largest absolute Gasteiger partial charge is 0.457 e. The van der Waals surface area contributed by atoms with Crippen molar-refractivity contribution in [3.05, 3.63) is 60.2 Å². The normalized spacial score (nSPS) is 22.1. The SMILES string of the molecule is CC1NNC(C)C1CCC(=O)N/N=C\c1cccc(Oc2ccccc2)c1. The van der Waals surface area contributed by atoms with Crippen molar-refractivity contribution in [2.75, 3.05) is 0 Å². The third-order valence-corrected chi connectivity index (χ3v) is 4.77. The summed E-state index contributed by atoms with van der Waals surface area (Å²) in [7, 11) is 0. The number of hydrazine groups is 1. The molecule has 0 radical (unpaired) electrons. The molecule has 2 aromatic carbocycles. The minimum atomic E-state index is -0.0748. The second kappa shape index (κ2) is 9.30. The van der Waals surface area contributed by atoms with Crippen LogP contribution in [0.2, 0.25) is 0 Å². The van der Waals surface area contributed by atoms with E-state index in [0.717, 1.165) is 23.5 Å². The molecule has 2 unspecified atom stereocenters. The quantitative estimate of drug-likeness (QED) is 0.520. The molecule has 27 heavy (non-hydrogen) atoms. The van der Waals surface area contributed by atoms with Crippen LogP contribution in [-0.2, 0) is 4.79 Å². The molecule has 0 aromatic heterocycles. The van der Waals surface area contributed by atoms with Gasteiger partial charge in [0, 0.05) is 18.5 Å². The number of nitrogens with one attached hydrogen (secondary N) is 3. The van der Waals surface area contributed by atoms with E-state index in [4.69, 9.17) is 4.74 Å². The Balaban J connectivity index is 1.48. The Labute approximate surface area is 160 Å². The van der Waals surface area contributed by atoms with Crippen molar-refractivity contribution >= 4 is 12.1 Å². The zero-order valence-corrected chi connectivity index (χ0v) is 15.7. The first-order chi connectivity index (χ1) is 13.1. The Morgan fingerprint density at radius 3 is 2.52 bits per heavy atom. The van der Waals surface area contributed by atoms with E-state index in [0.29, 0.717) is 24.4 Å². The lowest BCUT2D eigenvalue weighted by Gasteiger charge is -2.16. The van der Waals surface area contributed by atoms with E-state index in [1.807, 2.05) is 54.6 Å². The van der Waals surface area contributed by atoms with E-state index >= 15 is 0 Å². The molecule has 6 nitrogen and oxygen atoms in total. The van der Waals surface area contributed by atoms with Gasteiger partial charge in [-0.25, -0.2) is 5.43 Å². The standard InChI is InChI=1S/C21H26N4O2/c1-15-20(16(2)24-23-15)11-12-21(26)25-22-14-17-7-6-10-19(13-17)27-18-8-4-3-5-9-18/h3-10,13-16,20,23-24H,11-12H2,1-2H3,(H,25,26)/b22-14-. The minimum Gasteiger partial charge on any atom is -0.457 e. The summed E-state index contributed by atoms with van der Waals surface area (Å²) in [6.45, 7) is 4.25. The van der Waals surface area contributed by atoms with Crippen LogP contribution in [0, 0.1) is 5.92 Å². The molecule has 142 valence electrons. The fourth-order valence-corrected chi connectivity index (χ4v) is 3.23. The van der Waals surface area contributed by atoms with E-state index < -0.39 is 0 Å². The summed E-state index contributed by atoms with van der Waals surface area (Å²) in [5.41, 5.74) is 9.87. The Morgan fingerprint density at radius 2 is 1.78 bits per heavy atom. The number of rotatable bonds is 7. The van der Waals surface area contributed by atoms with Crippen molar-refractivity contribution in [3.63, 3.8) is 0 Å². The van der Waals surface area contributed by atoms with Crippen LogP contribution in [-0.4, -0.2) is 24.2 Å². The van der Waals surface area contributed by atoms with Gasteiger partial charge in [0.25, 0.3) is 0 Å². The molecule has 2 atom stereocenters. The first-order valence-corrected chi connectivity index (χ1v) is 9.28. The van der Waals surface area contributed by atoms with Gasteiger partial charge in [-0.3, -0.25) is 15.6 Å². The molecule has 1 aliphatic rings. The first kappa shape index (κ1) is 19.1. The average molecular weight is 366 g/mol. The summed E-state index contributed by atoms with van der Waals surface area (Å²) in [4.78, 5) is 12.0. The molecule has 1 fully saturated rings.